The van der Waals surface area contributed by atoms with Crippen molar-refractivity contribution >= 4 is 33.4 Å². The van der Waals surface area contributed by atoms with Crippen molar-refractivity contribution in [1.82, 2.24) is 20.5 Å². The second kappa shape index (κ2) is 6.75. The molecule has 0 aromatic carbocycles. The first kappa shape index (κ1) is 16.2. The van der Waals surface area contributed by atoms with Crippen molar-refractivity contribution in [2.24, 2.45) is 0 Å². The molecule has 0 bridgehead atoms. The van der Waals surface area contributed by atoms with E-state index in [4.69, 9.17) is 0 Å². The van der Waals surface area contributed by atoms with Gasteiger partial charge < -0.3 is 10.1 Å². The van der Waals surface area contributed by atoms with Crippen LogP contribution in [0.15, 0.2) is 22.7 Å². The monoisotopic (exact) mass is 345 g/mol. The highest BCUT2D eigenvalue weighted by Gasteiger charge is 2.25. The van der Waals surface area contributed by atoms with Gasteiger partial charge in [0.2, 0.25) is 5.95 Å². The molecule has 0 aliphatic heterocycles. The Morgan fingerprint density at radius 2 is 2.27 bits per heavy atom. The van der Waals surface area contributed by atoms with Crippen LogP contribution in [0.1, 0.15) is 4.88 Å². The first-order valence-corrected chi connectivity index (χ1v) is 8.45. The average molecular weight is 345 g/mol. The molecule has 0 fully saturated rings. The topological polar surface area (TPSA) is 117 Å². The first-order valence-electron chi connectivity index (χ1n) is 6.20. The summed E-state index contributed by atoms with van der Waals surface area (Å²) in [6.07, 6.45) is 1.23. The number of aromatic amines is 1. The number of nitrogens with zero attached hydrogens (tertiary/aromatic N) is 3. The van der Waals surface area contributed by atoms with E-state index in [-0.39, 0.29) is 10.2 Å². The number of thiophene rings is 1. The van der Waals surface area contributed by atoms with Gasteiger partial charge in [0.15, 0.2) is 0 Å². The summed E-state index contributed by atoms with van der Waals surface area (Å²) in [4.78, 5) is 15.6. The van der Waals surface area contributed by atoms with E-state index in [1.54, 1.807) is 6.07 Å². The van der Waals surface area contributed by atoms with Gasteiger partial charge in [0, 0.05) is 18.5 Å². The van der Waals surface area contributed by atoms with Crippen LogP contribution in [-0.2, 0) is 21.2 Å². The fourth-order valence-corrected chi connectivity index (χ4v) is 4.23. The largest absolute Gasteiger partial charge is 0.453 e. The number of amides is 1. The average Bonchev–Trinajstić information content (AvgIpc) is 3.17. The fourth-order valence-electron chi connectivity index (χ4n) is 1.59. The SMILES string of the molecule is COC(=O)NCCc1ccc(S(=O)(=O)N(C)c2ncn[nH]2)s1. The number of alkyl carbamates (subject to hydrolysis) is 1. The Kier molecular flexibility index (Phi) is 4.98. The van der Waals surface area contributed by atoms with E-state index in [2.05, 4.69) is 25.2 Å². The van der Waals surface area contributed by atoms with Crippen LogP contribution in [-0.4, -0.2) is 50.4 Å². The van der Waals surface area contributed by atoms with Crippen molar-refractivity contribution < 1.29 is 17.9 Å². The maximum absolute atomic E-state index is 12.4. The minimum absolute atomic E-state index is 0.141. The third-order valence-electron chi connectivity index (χ3n) is 2.78. The number of ether oxygens (including phenoxy) is 1. The Morgan fingerprint density at radius 3 is 2.91 bits per heavy atom. The van der Waals surface area contributed by atoms with Gasteiger partial charge >= 0.3 is 6.09 Å². The molecule has 2 rings (SSSR count). The minimum atomic E-state index is -3.68. The molecule has 0 saturated carbocycles. The maximum atomic E-state index is 12.4. The molecule has 0 aliphatic carbocycles. The number of carbonyl (C=O) groups is 1. The molecule has 11 heteroatoms. The van der Waals surface area contributed by atoms with Crippen LogP contribution < -0.4 is 9.62 Å². The van der Waals surface area contributed by atoms with E-state index in [9.17, 15) is 13.2 Å². The number of aromatic nitrogens is 3. The normalized spacial score (nSPS) is 11.2. The second-order valence-electron chi connectivity index (χ2n) is 4.17. The van der Waals surface area contributed by atoms with Gasteiger partial charge in [-0.25, -0.2) is 22.6 Å². The molecular weight excluding hydrogens is 330 g/mol. The van der Waals surface area contributed by atoms with Gasteiger partial charge in [-0.15, -0.1) is 11.3 Å². The minimum Gasteiger partial charge on any atom is -0.453 e. The molecule has 0 radical (unpaired) electrons. The molecule has 120 valence electrons. The van der Waals surface area contributed by atoms with Gasteiger partial charge in [0.25, 0.3) is 10.0 Å². The van der Waals surface area contributed by atoms with E-state index in [0.717, 1.165) is 20.5 Å². The molecule has 0 aliphatic rings. The Balaban J connectivity index is 2.05. The molecule has 2 aromatic heterocycles. The number of hydrogen-bond acceptors (Lipinski definition) is 7. The first-order chi connectivity index (χ1) is 10.4. The zero-order valence-electron chi connectivity index (χ0n) is 11.9. The summed E-state index contributed by atoms with van der Waals surface area (Å²) >= 11 is 1.14. The third-order valence-corrected chi connectivity index (χ3v) is 6.14. The number of rotatable bonds is 6. The van der Waals surface area contributed by atoms with Crippen LogP contribution in [0.5, 0.6) is 0 Å². The quantitative estimate of drug-likeness (QED) is 0.791. The zero-order chi connectivity index (χ0) is 16.2. The number of sulfonamides is 1. The fraction of sp³-hybridized carbons (Fsp3) is 0.364. The lowest BCUT2D eigenvalue weighted by Gasteiger charge is -2.14. The molecule has 0 atom stereocenters. The molecule has 1 amide bonds. The van der Waals surface area contributed by atoms with Crippen LogP contribution in [0.3, 0.4) is 0 Å². The molecule has 22 heavy (non-hydrogen) atoms. The molecule has 0 spiro atoms. The number of carbonyl (C=O) groups excluding carboxylic acids is 1. The van der Waals surface area contributed by atoms with Crippen LogP contribution in [0.25, 0.3) is 0 Å². The van der Waals surface area contributed by atoms with Gasteiger partial charge in [-0.1, -0.05) is 0 Å². The van der Waals surface area contributed by atoms with Gasteiger partial charge in [0.1, 0.15) is 10.5 Å². The van der Waals surface area contributed by atoms with Gasteiger partial charge in [-0.2, -0.15) is 10.1 Å². The lowest BCUT2D eigenvalue weighted by Crippen LogP contribution is -2.26. The summed E-state index contributed by atoms with van der Waals surface area (Å²) in [6.45, 7) is 0.366. The summed E-state index contributed by atoms with van der Waals surface area (Å²) < 4.78 is 30.5. The van der Waals surface area contributed by atoms with Crippen LogP contribution in [0.4, 0.5) is 10.7 Å². The summed E-state index contributed by atoms with van der Waals surface area (Å²) in [6, 6.07) is 3.24. The van der Waals surface area contributed by atoms with Crippen LogP contribution in [0.2, 0.25) is 0 Å². The molecule has 2 aromatic rings. The van der Waals surface area contributed by atoms with E-state index in [1.807, 2.05) is 0 Å². The highest BCUT2D eigenvalue weighted by Crippen LogP contribution is 2.26. The van der Waals surface area contributed by atoms with Gasteiger partial charge in [-0.3, -0.25) is 0 Å². The van der Waals surface area contributed by atoms with Crippen molar-refractivity contribution in [3.05, 3.63) is 23.3 Å². The van der Waals surface area contributed by atoms with E-state index >= 15 is 0 Å². The third kappa shape index (κ3) is 3.54. The second-order valence-corrected chi connectivity index (χ2v) is 7.54. The Bertz CT molecular complexity index is 726. The van der Waals surface area contributed by atoms with E-state index in [1.165, 1.54) is 26.6 Å². The van der Waals surface area contributed by atoms with E-state index < -0.39 is 16.1 Å². The molecule has 0 saturated heterocycles. The van der Waals surface area contributed by atoms with Crippen molar-refractivity contribution in [3.63, 3.8) is 0 Å². The lowest BCUT2D eigenvalue weighted by atomic mass is 10.3. The predicted molar refractivity (Wildman–Crippen MR) is 80.4 cm³/mol. The van der Waals surface area contributed by atoms with Crippen molar-refractivity contribution in [2.75, 3.05) is 25.0 Å². The van der Waals surface area contributed by atoms with Crippen molar-refractivity contribution in [2.45, 2.75) is 10.6 Å². The predicted octanol–water partition coefficient (Wildman–Crippen LogP) is 0.590. The smallest absolute Gasteiger partial charge is 0.406 e. The van der Waals surface area contributed by atoms with Gasteiger partial charge in [0.05, 0.1) is 7.11 Å². The van der Waals surface area contributed by atoms with Crippen LogP contribution in [0, 0.1) is 0 Å². The Labute approximate surface area is 131 Å². The lowest BCUT2D eigenvalue weighted by molar-refractivity contribution is 0.171. The highest BCUT2D eigenvalue weighted by molar-refractivity contribution is 7.94. The highest BCUT2D eigenvalue weighted by atomic mass is 32.2. The summed E-state index contributed by atoms with van der Waals surface area (Å²) in [7, 11) is -1.00. The Morgan fingerprint density at radius 1 is 1.50 bits per heavy atom. The Hall–Kier alpha value is -2.14. The molecule has 9 nitrogen and oxygen atoms in total. The van der Waals surface area contributed by atoms with E-state index in [0.29, 0.717) is 13.0 Å². The number of H-pyrrole nitrogens is 1. The number of anilines is 1. The van der Waals surface area contributed by atoms with Crippen LogP contribution >= 0.6 is 11.3 Å². The number of hydrogen-bond donors (Lipinski definition) is 2. The molecule has 2 N–H and O–H groups in total. The zero-order valence-corrected chi connectivity index (χ0v) is 13.6. The summed E-state index contributed by atoms with van der Waals surface area (Å²) in [5.74, 6) is 0.141. The molecule has 2 heterocycles. The summed E-state index contributed by atoms with van der Waals surface area (Å²) in [5.41, 5.74) is 0. The van der Waals surface area contributed by atoms with Crippen molar-refractivity contribution in [1.29, 1.82) is 0 Å². The molecule has 0 unspecified atom stereocenters. The summed E-state index contributed by atoms with van der Waals surface area (Å²) in [5, 5.41) is 8.67. The number of methoxy groups -OCH3 is 1. The number of nitrogens with one attached hydrogen (secondary N) is 2. The maximum Gasteiger partial charge on any atom is 0.406 e. The van der Waals surface area contributed by atoms with Crippen molar-refractivity contribution in [3.8, 4) is 0 Å². The molecular formula is C11H15N5O4S2. The standard InChI is InChI=1S/C11H15N5O4S2/c1-16(10-13-7-14-15-10)22(18,19)9-4-3-8(21-9)5-6-12-11(17)20-2/h3-4,7H,5-6H2,1-2H3,(H,12,17)(H,13,14,15). The van der Waals surface area contributed by atoms with Gasteiger partial charge in [-0.05, 0) is 18.6 Å².